The van der Waals surface area contributed by atoms with Crippen molar-refractivity contribution in [3.8, 4) is 11.3 Å². The highest BCUT2D eigenvalue weighted by Gasteiger charge is 2.13. The van der Waals surface area contributed by atoms with Crippen molar-refractivity contribution in [2.75, 3.05) is 11.6 Å². The van der Waals surface area contributed by atoms with Gasteiger partial charge in [0.15, 0.2) is 15.5 Å². The maximum absolute atomic E-state index is 11.7. The van der Waals surface area contributed by atoms with Crippen LogP contribution in [-0.2, 0) is 16.3 Å². The Morgan fingerprint density at radius 1 is 1.04 bits per heavy atom. The van der Waals surface area contributed by atoms with Gasteiger partial charge in [-0.1, -0.05) is 37.3 Å². The molecule has 0 saturated carbocycles. The Bertz CT molecular complexity index is 1230. The normalized spacial score (nSPS) is 11.6. The van der Waals surface area contributed by atoms with E-state index in [1.54, 1.807) is 28.8 Å². The predicted molar refractivity (Wildman–Crippen MR) is 111 cm³/mol. The van der Waals surface area contributed by atoms with Crippen LogP contribution in [0.15, 0.2) is 71.8 Å². The van der Waals surface area contributed by atoms with Gasteiger partial charge in [0.1, 0.15) is 5.82 Å². The van der Waals surface area contributed by atoms with Gasteiger partial charge in [0.2, 0.25) is 0 Å². The predicted octanol–water partition coefficient (Wildman–Crippen LogP) is 4.11. The molecule has 142 valence electrons. The van der Waals surface area contributed by atoms with Crippen molar-refractivity contribution in [2.24, 2.45) is 0 Å². The number of aromatic nitrogens is 3. The molecule has 0 aliphatic carbocycles. The highest BCUT2D eigenvalue weighted by molar-refractivity contribution is 7.90. The van der Waals surface area contributed by atoms with Gasteiger partial charge < -0.3 is 5.32 Å². The number of benzene rings is 2. The number of anilines is 2. The van der Waals surface area contributed by atoms with E-state index in [0.717, 1.165) is 40.4 Å². The van der Waals surface area contributed by atoms with Crippen LogP contribution in [-0.4, -0.2) is 29.3 Å². The lowest BCUT2D eigenvalue weighted by atomic mass is 10.1. The summed E-state index contributed by atoms with van der Waals surface area (Å²) in [5.41, 5.74) is 4.50. The standard InChI is InChI=1S/C21H20N4O2S/c1-3-15-14-22-25-20(23-17-9-11-18(12-10-17)28(2,26)27)13-19(24-21(15)25)16-7-5-4-6-8-16/h4-14,23H,3H2,1-2H3. The van der Waals surface area contributed by atoms with Crippen molar-refractivity contribution in [3.05, 3.63) is 72.4 Å². The molecule has 2 aromatic carbocycles. The number of nitrogens with one attached hydrogen (secondary N) is 1. The molecular weight excluding hydrogens is 372 g/mol. The van der Waals surface area contributed by atoms with Crippen LogP contribution in [0.2, 0.25) is 0 Å². The van der Waals surface area contributed by atoms with E-state index in [0.29, 0.717) is 0 Å². The summed E-state index contributed by atoms with van der Waals surface area (Å²) in [6.45, 7) is 2.07. The fraction of sp³-hybridized carbons (Fsp3) is 0.143. The summed E-state index contributed by atoms with van der Waals surface area (Å²) >= 11 is 0. The molecule has 0 saturated heterocycles. The molecule has 6 nitrogen and oxygen atoms in total. The first-order valence-corrected chi connectivity index (χ1v) is 10.8. The molecule has 0 atom stereocenters. The Balaban J connectivity index is 1.80. The smallest absolute Gasteiger partial charge is 0.175 e. The summed E-state index contributed by atoms with van der Waals surface area (Å²) < 4.78 is 25.1. The molecular formula is C21H20N4O2S. The molecule has 2 heterocycles. The molecule has 4 rings (SSSR count). The van der Waals surface area contributed by atoms with Crippen LogP contribution in [0.3, 0.4) is 0 Å². The second-order valence-electron chi connectivity index (χ2n) is 6.57. The summed E-state index contributed by atoms with van der Waals surface area (Å²) in [5, 5.41) is 7.81. The molecule has 4 aromatic rings. The minimum Gasteiger partial charge on any atom is -0.340 e. The van der Waals surface area contributed by atoms with Gasteiger partial charge in [0, 0.05) is 29.1 Å². The first-order valence-electron chi connectivity index (χ1n) is 8.96. The average Bonchev–Trinajstić information content (AvgIpc) is 3.12. The molecule has 0 spiro atoms. The molecule has 0 radical (unpaired) electrons. The first kappa shape index (κ1) is 18.2. The summed E-state index contributed by atoms with van der Waals surface area (Å²) in [4.78, 5) is 5.09. The third kappa shape index (κ3) is 3.48. The van der Waals surface area contributed by atoms with Crippen molar-refractivity contribution >= 4 is 27.0 Å². The molecule has 0 amide bonds. The Labute approximate surface area is 163 Å². The van der Waals surface area contributed by atoms with Gasteiger partial charge in [0.05, 0.1) is 16.8 Å². The molecule has 0 aliphatic rings. The topological polar surface area (TPSA) is 76.4 Å². The van der Waals surface area contributed by atoms with Gasteiger partial charge in [-0.15, -0.1) is 0 Å². The molecule has 0 bridgehead atoms. The van der Waals surface area contributed by atoms with Gasteiger partial charge in [-0.05, 0) is 30.7 Å². The van der Waals surface area contributed by atoms with Gasteiger partial charge >= 0.3 is 0 Å². The van der Waals surface area contributed by atoms with E-state index >= 15 is 0 Å². The minimum absolute atomic E-state index is 0.287. The van der Waals surface area contributed by atoms with E-state index in [2.05, 4.69) is 17.3 Å². The van der Waals surface area contributed by atoms with E-state index in [9.17, 15) is 8.42 Å². The van der Waals surface area contributed by atoms with E-state index < -0.39 is 9.84 Å². The van der Waals surface area contributed by atoms with Crippen LogP contribution < -0.4 is 5.32 Å². The molecule has 2 aromatic heterocycles. The van der Waals surface area contributed by atoms with Gasteiger partial charge in [-0.3, -0.25) is 0 Å². The van der Waals surface area contributed by atoms with Gasteiger partial charge in [-0.25, -0.2) is 13.4 Å². The van der Waals surface area contributed by atoms with Crippen LogP contribution in [0, 0.1) is 0 Å². The third-order valence-corrected chi connectivity index (χ3v) is 5.68. The molecule has 7 heteroatoms. The van der Waals surface area contributed by atoms with Gasteiger partial charge in [0.25, 0.3) is 0 Å². The molecule has 0 fully saturated rings. The van der Waals surface area contributed by atoms with Crippen LogP contribution in [0.4, 0.5) is 11.5 Å². The molecule has 28 heavy (non-hydrogen) atoms. The number of sulfone groups is 1. The van der Waals surface area contributed by atoms with E-state index in [1.165, 1.54) is 6.26 Å². The summed E-state index contributed by atoms with van der Waals surface area (Å²) in [5.74, 6) is 0.760. The Kier molecular flexibility index (Phi) is 4.60. The monoisotopic (exact) mass is 392 g/mol. The molecule has 1 N–H and O–H groups in total. The number of aryl methyl sites for hydroxylation is 1. The number of hydrogen-bond donors (Lipinski definition) is 1. The lowest BCUT2D eigenvalue weighted by Gasteiger charge is -2.12. The zero-order valence-corrected chi connectivity index (χ0v) is 16.4. The molecule has 0 aliphatic heterocycles. The summed E-state index contributed by atoms with van der Waals surface area (Å²) in [7, 11) is -3.23. The van der Waals surface area contributed by atoms with E-state index in [4.69, 9.17) is 4.98 Å². The number of hydrogen-bond acceptors (Lipinski definition) is 5. The number of rotatable bonds is 5. The Morgan fingerprint density at radius 3 is 2.39 bits per heavy atom. The van der Waals surface area contributed by atoms with Crippen molar-refractivity contribution in [1.82, 2.24) is 14.6 Å². The summed E-state index contributed by atoms with van der Waals surface area (Å²) in [6.07, 6.45) is 3.86. The lowest BCUT2D eigenvalue weighted by molar-refractivity contribution is 0.602. The highest BCUT2D eigenvalue weighted by Crippen LogP contribution is 2.26. The number of nitrogens with zero attached hydrogens (tertiary/aromatic N) is 3. The maximum atomic E-state index is 11.7. The van der Waals surface area contributed by atoms with Crippen molar-refractivity contribution < 1.29 is 8.42 Å². The summed E-state index contributed by atoms with van der Waals surface area (Å²) in [6, 6.07) is 18.6. The lowest BCUT2D eigenvalue weighted by Crippen LogP contribution is -2.03. The second-order valence-corrected chi connectivity index (χ2v) is 8.59. The highest BCUT2D eigenvalue weighted by atomic mass is 32.2. The minimum atomic E-state index is -3.23. The fourth-order valence-electron chi connectivity index (χ4n) is 3.04. The quantitative estimate of drug-likeness (QED) is 0.553. The molecule has 0 unspecified atom stereocenters. The zero-order chi connectivity index (χ0) is 19.7. The maximum Gasteiger partial charge on any atom is 0.175 e. The van der Waals surface area contributed by atoms with Crippen LogP contribution in [0.5, 0.6) is 0 Å². The van der Waals surface area contributed by atoms with Crippen LogP contribution in [0.1, 0.15) is 12.5 Å². The zero-order valence-electron chi connectivity index (χ0n) is 15.6. The fourth-order valence-corrected chi connectivity index (χ4v) is 3.67. The van der Waals surface area contributed by atoms with Crippen molar-refractivity contribution in [2.45, 2.75) is 18.2 Å². The van der Waals surface area contributed by atoms with Crippen molar-refractivity contribution in [1.29, 1.82) is 0 Å². The Hall–Kier alpha value is -3.19. The SMILES string of the molecule is CCc1cnn2c(Nc3ccc(S(C)(=O)=O)cc3)cc(-c3ccccc3)nc12. The Morgan fingerprint density at radius 2 is 1.75 bits per heavy atom. The largest absolute Gasteiger partial charge is 0.340 e. The number of fused-ring (bicyclic) bond motifs is 1. The van der Waals surface area contributed by atoms with Crippen LogP contribution in [0.25, 0.3) is 16.9 Å². The van der Waals surface area contributed by atoms with Crippen LogP contribution >= 0.6 is 0 Å². The van der Waals surface area contributed by atoms with E-state index in [-0.39, 0.29) is 4.90 Å². The first-order chi connectivity index (χ1) is 13.5. The van der Waals surface area contributed by atoms with Crippen molar-refractivity contribution in [3.63, 3.8) is 0 Å². The average molecular weight is 392 g/mol. The second kappa shape index (κ2) is 7.09. The van der Waals surface area contributed by atoms with Gasteiger partial charge in [-0.2, -0.15) is 9.61 Å². The third-order valence-electron chi connectivity index (χ3n) is 4.55. The van der Waals surface area contributed by atoms with E-state index in [1.807, 2.05) is 42.6 Å².